The van der Waals surface area contributed by atoms with Crippen molar-refractivity contribution in [3.05, 3.63) is 0 Å². The van der Waals surface area contributed by atoms with E-state index in [0.717, 1.165) is 38.5 Å². The molecular weight excluding hydrogens is 372 g/mol. The summed E-state index contributed by atoms with van der Waals surface area (Å²) in [5.41, 5.74) is 0. The van der Waals surface area contributed by atoms with Crippen molar-refractivity contribution in [1.29, 1.82) is 0 Å². The van der Waals surface area contributed by atoms with E-state index in [1.54, 1.807) is 0 Å². The first-order valence-corrected chi connectivity index (χ1v) is 13.6. The molecular formula is C23H48O4S. The van der Waals surface area contributed by atoms with Crippen LogP contribution in [0.1, 0.15) is 136 Å². The van der Waals surface area contributed by atoms with E-state index >= 15 is 0 Å². The lowest BCUT2D eigenvalue weighted by molar-refractivity contribution is 0.147. The number of aliphatic hydroxyl groups excluding tert-OH is 1. The molecule has 2 atom stereocenters. The van der Waals surface area contributed by atoms with Crippen LogP contribution in [0.2, 0.25) is 0 Å². The summed E-state index contributed by atoms with van der Waals surface area (Å²) in [7, 11) is -4.01. The Morgan fingerprint density at radius 3 is 1.43 bits per heavy atom. The molecule has 5 heteroatoms. The van der Waals surface area contributed by atoms with Crippen LogP contribution in [0.3, 0.4) is 0 Å². The first-order chi connectivity index (χ1) is 13.4. The van der Waals surface area contributed by atoms with Crippen molar-refractivity contribution in [2.45, 2.75) is 147 Å². The predicted molar refractivity (Wildman–Crippen MR) is 120 cm³/mol. The molecule has 4 nitrogen and oxygen atoms in total. The van der Waals surface area contributed by atoms with Gasteiger partial charge in [-0.15, -0.1) is 0 Å². The summed E-state index contributed by atoms with van der Waals surface area (Å²) in [6, 6.07) is 0. The van der Waals surface area contributed by atoms with Gasteiger partial charge in [-0.2, -0.15) is 8.42 Å². The quantitative estimate of drug-likeness (QED) is 0.154. The molecule has 0 aliphatic carbocycles. The molecule has 0 saturated heterocycles. The smallest absolute Gasteiger partial charge is 0.267 e. The molecule has 0 aromatic heterocycles. The van der Waals surface area contributed by atoms with Crippen molar-refractivity contribution >= 4 is 10.1 Å². The van der Waals surface area contributed by atoms with E-state index in [-0.39, 0.29) is 0 Å². The molecule has 0 spiro atoms. The fraction of sp³-hybridized carbons (Fsp3) is 1.00. The summed E-state index contributed by atoms with van der Waals surface area (Å²) in [6.45, 7) is 4.39. The van der Waals surface area contributed by atoms with E-state index in [1.165, 1.54) is 64.2 Å². The van der Waals surface area contributed by atoms with Gasteiger partial charge < -0.3 is 5.11 Å². The molecule has 170 valence electrons. The van der Waals surface area contributed by atoms with Crippen molar-refractivity contribution in [2.24, 2.45) is 0 Å². The predicted octanol–water partition coefficient (Wildman–Crippen LogP) is 7.06. The molecule has 0 saturated carbocycles. The molecule has 0 aliphatic rings. The minimum Gasteiger partial charge on any atom is -0.393 e. The van der Waals surface area contributed by atoms with Crippen LogP contribution < -0.4 is 0 Å². The van der Waals surface area contributed by atoms with Crippen LogP contribution >= 0.6 is 0 Å². The molecule has 0 fully saturated rings. The number of hydrogen-bond donors (Lipinski definition) is 2. The van der Waals surface area contributed by atoms with Gasteiger partial charge in [0, 0.05) is 0 Å². The Morgan fingerprint density at radius 2 is 0.964 bits per heavy atom. The fourth-order valence-electron chi connectivity index (χ4n) is 3.81. The zero-order valence-electron chi connectivity index (χ0n) is 18.7. The molecule has 0 bridgehead atoms. The highest BCUT2D eigenvalue weighted by Gasteiger charge is 2.23. The Labute approximate surface area is 175 Å². The molecule has 0 heterocycles. The van der Waals surface area contributed by atoms with Gasteiger partial charge >= 0.3 is 0 Å². The lowest BCUT2D eigenvalue weighted by Crippen LogP contribution is -2.22. The molecule has 2 unspecified atom stereocenters. The standard InChI is InChI=1S/C23H48O4S/c1-3-5-7-9-10-11-12-13-14-15-17-19-23(28(25,26)27)21-20-22(24)18-16-8-6-4-2/h22-24H,3-21H2,1-2H3,(H,25,26,27). The first-order valence-electron chi connectivity index (χ1n) is 12.1. The van der Waals surface area contributed by atoms with Gasteiger partial charge in [0.05, 0.1) is 11.4 Å². The number of aliphatic hydroxyl groups is 1. The van der Waals surface area contributed by atoms with Gasteiger partial charge in [0.1, 0.15) is 0 Å². The van der Waals surface area contributed by atoms with Gasteiger partial charge in [0.15, 0.2) is 0 Å². The van der Waals surface area contributed by atoms with E-state index in [2.05, 4.69) is 13.8 Å². The second-order valence-electron chi connectivity index (χ2n) is 8.54. The SMILES string of the molecule is CCCCCCCCCCCCCC(CCC(O)CCCCCC)S(=O)(=O)O. The van der Waals surface area contributed by atoms with Gasteiger partial charge in [0.2, 0.25) is 0 Å². The van der Waals surface area contributed by atoms with Crippen LogP contribution in [0.5, 0.6) is 0 Å². The fourth-order valence-corrected chi connectivity index (χ4v) is 4.71. The second kappa shape index (κ2) is 18.9. The Hall–Kier alpha value is -0.130. The molecule has 0 rings (SSSR count). The monoisotopic (exact) mass is 420 g/mol. The molecule has 0 aliphatic heterocycles. The van der Waals surface area contributed by atoms with E-state index < -0.39 is 21.5 Å². The van der Waals surface area contributed by atoms with Crippen LogP contribution in [0.15, 0.2) is 0 Å². The van der Waals surface area contributed by atoms with Crippen LogP contribution in [-0.2, 0) is 10.1 Å². The van der Waals surface area contributed by atoms with Crippen LogP contribution in [0.4, 0.5) is 0 Å². The normalized spacial score (nSPS) is 14.3. The van der Waals surface area contributed by atoms with Crippen molar-refractivity contribution < 1.29 is 18.1 Å². The molecule has 0 radical (unpaired) electrons. The lowest BCUT2D eigenvalue weighted by Gasteiger charge is -2.16. The van der Waals surface area contributed by atoms with Crippen molar-refractivity contribution in [3.8, 4) is 0 Å². The minimum absolute atomic E-state index is 0.367. The average Bonchev–Trinajstić information content (AvgIpc) is 2.64. The van der Waals surface area contributed by atoms with Crippen molar-refractivity contribution in [3.63, 3.8) is 0 Å². The zero-order valence-corrected chi connectivity index (χ0v) is 19.5. The molecule has 28 heavy (non-hydrogen) atoms. The van der Waals surface area contributed by atoms with E-state index in [9.17, 15) is 18.1 Å². The van der Waals surface area contributed by atoms with Gasteiger partial charge in [0.25, 0.3) is 10.1 Å². The van der Waals surface area contributed by atoms with Gasteiger partial charge in [-0.1, -0.05) is 110 Å². The maximum absolute atomic E-state index is 11.6. The average molecular weight is 421 g/mol. The van der Waals surface area contributed by atoms with Gasteiger partial charge in [-0.3, -0.25) is 4.55 Å². The Balaban J connectivity index is 3.79. The third-order valence-electron chi connectivity index (χ3n) is 5.76. The van der Waals surface area contributed by atoms with Crippen LogP contribution in [-0.4, -0.2) is 29.4 Å². The van der Waals surface area contributed by atoms with Crippen LogP contribution in [0, 0.1) is 0 Å². The third kappa shape index (κ3) is 17.9. The molecule has 0 aromatic rings. The highest BCUT2D eigenvalue weighted by Crippen LogP contribution is 2.20. The third-order valence-corrected chi connectivity index (χ3v) is 7.08. The van der Waals surface area contributed by atoms with Crippen molar-refractivity contribution in [2.75, 3.05) is 0 Å². The summed E-state index contributed by atoms with van der Waals surface area (Å²) in [5, 5.41) is 9.34. The lowest BCUT2D eigenvalue weighted by atomic mass is 10.0. The maximum atomic E-state index is 11.6. The Bertz CT molecular complexity index is 422. The van der Waals surface area contributed by atoms with Gasteiger partial charge in [-0.25, -0.2) is 0 Å². The highest BCUT2D eigenvalue weighted by molar-refractivity contribution is 7.86. The molecule has 2 N–H and O–H groups in total. The van der Waals surface area contributed by atoms with E-state index in [1.807, 2.05) is 0 Å². The maximum Gasteiger partial charge on any atom is 0.267 e. The summed E-state index contributed by atoms with van der Waals surface area (Å²) in [6.07, 6.45) is 19.6. The van der Waals surface area contributed by atoms with Crippen molar-refractivity contribution in [1.82, 2.24) is 0 Å². The van der Waals surface area contributed by atoms with Crippen LogP contribution in [0.25, 0.3) is 0 Å². The summed E-state index contributed by atoms with van der Waals surface area (Å²) in [5.74, 6) is 0. The Morgan fingerprint density at radius 1 is 0.571 bits per heavy atom. The number of rotatable bonds is 21. The molecule has 0 amide bonds. The zero-order chi connectivity index (χ0) is 21.1. The van der Waals surface area contributed by atoms with Gasteiger partial charge in [-0.05, 0) is 25.7 Å². The first kappa shape index (κ1) is 27.9. The summed E-state index contributed by atoms with van der Waals surface area (Å²) < 4.78 is 32.7. The highest BCUT2D eigenvalue weighted by atomic mass is 32.2. The number of hydrogen-bond acceptors (Lipinski definition) is 3. The largest absolute Gasteiger partial charge is 0.393 e. The minimum atomic E-state index is -4.01. The number of unbranched alkanes of at least 4 members (excludes halogenated alkanes) is 13. The summed E-state index contributed by atoms with van der Waals surface area (Å²) >= 11 is 0. The van der Waals surface area contributed by atoms with E-state index in [0.29, 0.717) is 19.3 Å². The topological polar surface area (TPSA) is 74.6 Å². The van der Waals surface area contributed by atoms with E-state index in [4.69, 9.17) is 0 Å². The summed E-state index contributed by atoms with van der Waals surface area (Å²) in [4.78, 5) is 0. The second-order valence-corrected chi connectivity index (χ2v) is 10.2. The molecule has 0 aromatic carbocycles. The Kier molecular flexibility index (Phi) is 18.8.